The van der Waals surface area contributed by atoms with E-state index in [9.17, 15) is 13.6 Å². The lowest BCUT2D eigenvalue weighted by Gasteiger charge is -2.30. The van der Waals surface area contributed by atoms with Gasteiger partial charge in [0.1, 0.15) is 0 Å². The molecule has 0 amide bonds. The lowest BCUT2D eigenvalue weighted by atomic mass is 9.93. The topological polar surface area (TPSA) is 26.3 Å². The van der Waals surface area contributed by atoms with E-state index in [-0.39, 0.29) is 12.8 Å². The number of hydrogen-bond acceptors (Lipinski definition) is 2. The zero-order valence-electron chi connectivity index (χ0n) is 7.48. The van der Waals surface area contributed by atoms with Crippen LogP contribution in [0.25, 0.3) is 0 Å². The molecule has 1 saturated heterocycles. The molecule has 74 valence electrons. The number of carbonyl (C=O) groups excluding carboxylic acids is 1. The van der Waals surface area contributed by atoms with Gasteiger partial charge in [-0.15, -0.1) is 0 Å². The first-order valence-corrected chi connectivity index (χ1v) is 4.58. The Hall–Kier alpha value is -0.670. The molecule has 1 saturated carbocycles. The van der Waals surface area contributed by atoms with Crippen LogP contribution in [0.2, 0.25) is 0 Å². The Bertz CT molecular complexity index is 252. The van der Waals surface area contributed by atoms with Gasteiger partial charge in [0.05, 0.1) is 0 Å². The van der Waals surface area contributed by atoms with Crippen molar-refractivity contribution in [2.24, 2.45) is 5.92 Å². The molecule has 1 heterocycles. The largest absolute Gasteiger partial charge is 0.453 e. The Balaban J connectivity index is 2.29. The van der Waals surface area contributed by atoms with Gasteiger partial charge in [-0.25, -0.2) is 8.78 Å². The number of rotatable bonds is 0. The second-order valence-electron chi connectivity index (χ2n) is 4.03. The van der Waals surface area contributed by atoms with Crippen LogP contribution in [-0.2, 0) is 9.53 Å². The maximum Gasteiger partial charge on any atom is 0.306 e. The van der Waals surface area contributed by atoms with Crippen LogP contribution in [0.3, 0.4) is 0 Å². The summed E-state index contributed by atoms with van der Waals surface area (Å²) < 4.78 is 32.0. The molecule has 1 aliphatic carbocycles. The van der Waals surface area contributed by atoms with Crippen molar-refractivity contribution in [2.75, 3.05) is 0 Å². The minimum absolute atomic E-state index is 0.141. The van der Waals surface area contributed by atoms with Crippen LogP contribution in [0.4, 0.5) is 8.78 Å². The fourth-order valence-electron chi connectivity index (χ4n) is 2.28. The third kappa shape index (κ3) is 1.00. The average molecular weight is 190 g/mol. The number of esters is 1. The van der Waals surface area contributed by atoms with E-state index < -0.39 is 23.4 Å². The normalized spacial score (nSPS) is 42.7. The number of ether oxygens (including phenoxy) is 1. The average Bonchev–Trinajstić information content (AvgIpc) is 2.52. The predicted octanol–water partition coefficient (Wildman–Crippen LogP) is 2.13. The van der Waals surface area contributed by atoms with Crippen molar-refractivity contribution in [3.63, 3.8) is 0 Å². The molecular weight excluding hydrogens is 178 g/mol. The third-order valence-electron chi connectivity index (χ3n) is 3.25. The van der Waals surface area contributed by atoms with Crippen LogP contribution in [0.1, 0.15) is 32.6 Å². The molecule has 1 unspecified atom stereocenters. The lowest BCUT2D eigenvalue weighted by molar-refractivity contribution is -0.193. The Kier molecular flexibility index (Phi) is 1.66. The fourth-order valence-corrected chi connectivity index (χ4v) is 2.28. The van der Waals surface area contributed by atoms with E-state index >= 15 is 0 Å². The van der Waals surface area contributed by atoms with Gasteiger partial charge in [0.2, 0.25) is 0 Å². The Morgan fingerprint density at radius 1 is 1.46 bits per heavy atom. The minimum Gasteiger partial charge on any atom is -0.453 e. The number of hydrogen-bond donors (Lipinski definition) is 0. The third-order valence-corrected chi connectivity index (χ3v) is 3.25. The molecule has 0 radical (unpaired) electrons. The van der Waals surface area contributed by atoms with Crippen molar-refractivity contribution in [3.8, 4) is 0 Å². The van der Waals surface area contributed by atoms with Crippen molar-refractivity contribution in [1.82, 2.24) is 0 Å². The van der Waals surface area contributed by atoms with Crippen LogP contribution in [0.5, 0.6) is 0 Å². The monoisotopic (exact) mass is 190 g/mol. The molecule has 2 atom stereocenters. The highest BCUT2D eigenvalue weighted by Crippen LogP contribution is 2.54. The molecule has 2 rings (SSSR count). The van der Waals surface area contributed by atoms with Crippen LogP contribution in [-0.4, -0.2) is 17.5 Å². The SMILES string of the molecule is C[C@H]1CCC2(CCC(=O)O2)C1(F)F. The summed E-state index contributed by atoms with van der Waals surface area (Å²) in [4.78, 5) is 10.8. The van der Waals surface area contributed by atoms with E-state index in [4.69, 9.17) is 4.74 Å². The quantitative estimate of drug-likeness (QED) is 0.547. The van der Waals surface area contributed by atoms with Gasteiger partial charge in [0, 0.05) is 18.8 Å². The molecule has 1 aliphatic heterocycles. The van der Waals surface area contributed by atoms with E-state index in [1.807, 2.05) is 0 Å². The molecular formula is C9H12F2O2. The van der Waals surface area contributed by atoms with Gasteiger partial charge in [-0.1, -0.05) is 6.92 Å². The summed E-state index contributed by atoms with van der Waals surface area (Å²) in [6.07, 6.45) is 1.08. The number of carbonyl (C=O) groups is 1. The summed E-state index contributed by atoms with van der Waals surface area (Å²) in [6, 6.07) is 0. The van der Waals surface area contributed by atoms with Crippen LogP contribution in [0.15, 0.2) is 0 Å². The van der Waals surface area contributed by atoms with E-state index in [1.165, 1.54) is 6.92 Å². The van der Waals surface area contributed by atoms with Crippen LogP contribution in [0, 0.1) is 5.92 Å². The molecule has 0 N–H and O–H groups in total. The van der Waals surface area contributed by atoms with E-state index in [0.717, 1.165) is 0 Å². The van der Waals surface area contributed by atoms with Crippen molar-refractivity contribution < 1.29 is 18.3 Å². The highest BCUT2D eigenvalue weighted by Gasteiger charge is 2.65. The minimum atomic E-state index is -2.83. The highest BCUT2D eigenvalue weighted by atomic mass is 19.3. The number of halogens is 2. The van der Waals surface area contributed by atoms with Gasteiger partial charge < -0.3 is 4.74 Å². The van der Waals surface area contributed by atoms with Crippen molar-refractivity contribution in [1.29, 1.82) is 0 Å². The van der Waals surface area contributed by atoms with Gasteiger partial charge in [0.25, 0.3) is 5.92 Å². The number of alkyl halides is 2. The summed E-state index contributed by atoms with van der Waals surface area (Å²) in [5, 5.41) is 0. The van der Waals surface area contributed by atoms with Crippen LogP contribution >= 0.6 is 0 Å². The summed E-state index contributed by atoms with van der Waals surface area (Å²) >= 11 is 0. The van der Waals surface area contributed by atoms with Crippen molar-refractivity contribution in [3.05, 3.63) is 0 Å². The first-order chi connectivity index (χ1) is 5.98. The molecule has 13 heavy (non-hydrogen) atoms. The molecule has 0 aromatic rings. The Morgan fingerprint density at radius 2 is 2.15 bits per heavy atom. The molecule has 1 spiro atoms. The van der Waals surface area contributed by atoms with Gasteiger partial charge >= 0.3 is 5.97 Å². The zero-order chi connectivity index (χ0) is 9.69. The van der Waals surface area contributed by atoms with Crippen molar-refractivity contribution in [2.45, 2.75) is 44.1 Å². The van der Waals surface area contributed by atoms with Crippen molar-refractivity contribution >= 4 is 5.97 Å². The van der Waals surface area contributed by atoms with Gasteiger partial charge in [-0.3, -0.25) is 4.79 Å². The first-order valence-electron chi connectivity index (χ1n) is 4.58. The predicted molar refractivity (Wildman–Crippen MR) is 41.4 cm³/mol. The standard InChI is InChI=1S/C9H12F2O2/c1-6-2-4-8(9(6,10)11)5-3-7(12)13-8/h6H,2-5H2,1H3/t6-,8?/m0/s1. The Morgan fingerprint density at radius 3 is 2.54 bits per heavy atom. The van der Waals surface area contributed by atoms with E-state index in [1.54, 1.807) is 0 Å². The lowest BCUT2D eigenvalue weighted by Crippen LogP contribution is -2.45. The van der Waals surface area contributed by atoms with Gasteiger partial charge in [-0.2, -0.15) is 0 Å². The van der Waals surface area contributed by atoms with E-state index in [0.29, 0.717) is 12.8 Å². The summed E-state index contributed by atoms with van der Waals surface area (Å²) in [6.45, 7) is 1.51. The summed E-state index contributed by atoms with van der Waals surface area (Å²) in [5.74, 6) is -3.98. The van der Waals surface area contributed by atoms with Gasteiger partial charge in [-0.05, 0) is 12.8 Å². The maximum absolute atomic E-state index is 13.6. The second-order valence-corrected chi connectivity index (χ2v) is 4.03. The molecule has 0 aromatic heterocycles. The molecule has 0 aromatic carbocycles. The molecule has 4 heteroatoms. The van der Waals surface area contributed by atoms with Gasteiger partial charge in [0.15, 0.2) is 5.60 Å². The first kappa shape index (κ1) is 8.91. The second kappa shape index (κ2) is 2.42. The molecule has 2 nitrogen and oxygen atoms in total. The fraction of sp³-hybridized carbons (Fsp3) is 0.889. The summed E-state index contributed by atoms with van der Waals surface area (Å²) in [5.41, 5.74) is -1.45. The van der Waals surface area contributed by atoms with E-state index in [2.05, 4.69) is 0 Å². The Labute approximate surface area is 75.3 Å². The highest BCUT2D eigenvalue weighted by molar-refractivity contribution is 5.72. The maximum atomic E-state index is 13.6. The molecule has 0 bridgehead atoms. The summed E-state index contributed by atoms with van der Waals surface area (Å²) in [7, 11) is 0. The smallest absolute Gasteiger partial charge is 0.306 e. The molecule has 2 fully saturated rings. The zero-order valence-corrected chi connectivity index (χ0v) is 7.48. The van der Waals surface area contributed by atoms with Crippen LogP contribution < -0.4 is 0 Å². The molecule has 2 aliphatic rings.